The molecule has 1 aromatic heterocycles. The van der Waals surface area contributed by atoms with Crippen LogP contribution in [0.2, 0.25) is 5.15 Å². The summed E-state index contributed by atoms with van der Waals surface area (Å²) >= 11 is 6.51. The predicted molar refractivity (Wildman–Crippen MR) is 110 cm³/mol. The van der Waals surface area contributed by atoms with Crippen molar-refractivity contribution in [2.75, 3.05) is 0 Å². The van der Waals surface area contributed by atoms with Crippen molar-refractivity contribution in [2.45, 2.75) is 39.3 Å². The molecular formula is C23H23ClN2O. The summed E-state index contributed by atoms with van der Waals surface area (Å²) in [5, 5.41) is 1.54. The minimum Gasteiger partial charge on any atom is -0.334 e. The number of pyridine rings is 1. The molecule has 27 heavy (non-hydrogen) atoms. The van der Waals surface area contributed by atoms with Crippen LogP contribution >= 0.6 is 11.6 Å². The van der Waals surface area contributed by atoms with E-state index in [0.717, 1.165) is 46.9 Å². The third kappa shape index (κ3) is 3.84. The van der Waals surface area contributed by atoms with Gasteiger partial charge in [0.2, 0.25) is 5.91 Å². The number of nitrogens with zero attached hydrogens (tertiary/aromatic N) is 2. The van der Waals surface area contributed by atoms with Crippen LogP contribution in [0, 0.1) is 12.8 Å². The summed E-state index contributed by atoms with van der Waals surface area (Å²) in [6.07, 6.45) is 3.13. The molecule has 1 heterocycles. The Morgan fingerprint density at radius 2 is 1.89 bits per heavy atom. The highest BCUT2D eigenvalue weighted by Crippen LogP contribution is 2.31. The number of aromatic nitrogens is 1. The lowest BCUT2D eigenvalue weighted by Gasteiger charge is -2.32. The predicted octanol–water partition coefficient (Wildman–Crippen LogP) is 5.53. The van der Waals surface area contributed by atoms with Crippen molar-refractivity contribution in [3.63, 3.8) is 0 Å². The first-order valence-electron chi connectivity index (χ1n) is 9.49. The van der Waals surface area contributed by atoms with Crippen LogP contribution in [0.3, 0.4) is 0 Å². The van der Waals surface area contributed by atoms with Gasteiger partial charge in [-0.1, -0.05) is 66.6 Å². The van der Waals surface area contributed by atoms with Gasteiger partial charge < -0.3 is 4.90 Å². The van der Waals surface area contributed by atoms with Gasteiger partial charge in [0, 0.05) is 30.0 Å². The highest BCUT2D eigenvalue weighted by molar-refractivity contribution is 6.30. The minimum atomic E-state index is 0.156. The summed E-state index contributed by atoms with van der Waals surface area (Å²) in [6, 6.07) is 18.3. The Kier molecular flexibility index (Phi) is 5.13. The molecule has 1 saturated carbocycles. The molecule has 0 atom stereocenters. The van der Waals surface area contributed by atoms with E-state index in [-0.39, 0.29) is 11.8 Å². The van der Waals surface area contributed by atoms with Crippen molar-refractivity contribution in [2.24, 2.45) is 5.92 Å². The number of benzene rings is 2. The molecule has 3 nitrogen and oxygen atoms in total. The minimum absolute atomic E-state index is 0.156. The van der Waals surface area contributed by atoms with Gasteiger partial charge in [-0.05, 0) is 37.0 Å². The average molecular weight is 379 g/mol. The fourth-order valence-electron chi connectivity index (χ4n) is 3.61. The third-order valence-electron chi connectivity index (χ3n) is 5.42. The molecule has 1 fully saturated rings. The zero-order valence-corrected chi connectivity index (χ0v) is 16.2. The standard InChI is InChI=1S/C23H23ClN2O/c1-16-7-5-12-19-13-20(22(24)25-21(16)19)15-26(23(27)18-10-6-11-18)14-17-8-3-2-4-9-17/h2-5,7-9,12-13,18H,6,10-11,14-15H2,1H3. The SMILES string of the molecule is Cc1cccc2cc(CN(Cc3ccccc3)C(=O)C3CCC3)c(Cl)nc12. The van der Waals surface area contributed by atoms with Crippen molar-refractivity contribution < 1.29 is 4.79 Å². The van der Waals surface area contributed by atoms with Crippen LogP contribution < -0.4 is 0 Å². The first kappa shape index (κ1) is 18.0. The lowest BCUT2D eigenvalue weighted by Crippen LogP contribution is -2.38. The third-order valence-corrected chi connectivity index (χ3v) is 5.74. The molecule has 0 saturated heterocycles. The molecule has 0 unspecified atom stereocenters. The van der Waals surface area contributed by atoms with Gasteiger partial charge in [0.25, 0.3) is 0 Å². The van der Waals surface area contributed by atoms with E-state index in [2.05, 4.69) is 23.2 Å². The second kappa shape index (κ2) is 7.69. The van der Waals surface area contributed by atoms with E-state index >= 15 is 0 Å². The van der Waals surface area contributed by atoms with Crippen LogP contribution in [0.1, 0.15) is 36.0 Å². The largest absolute Gasteiger partial charge is 0.334 e. The number of hydrogen-bond donors (Lipinski definition) is 0. The lowest BCUT2D eigenvalue weighted by atomic mass is 9.84. The van der Waals surface area contributed by atoms with Crippen LogP contribution in [0.15, 0.2) is 54.6 Å². The molecule has 4 rings (SSSR count). The molecule has 4 heteroatoms. The summed E-state index contributed by atoms with van der Waals surface area (Å²) in [5.41, 5.74) is 4.06. The Morgan fingerprint density at radius 1 is 1.11 bits per heavy atom. The zero-order valence-electron chi connectivity index (χ0n) is 15.5. The van der Waals surface area contributed by atoms with Gasteiger partial charge in [-0.25, -0.2) is 4.98 Å². The summed E-state index contributed by atoms with van der Waals surface area (Å²) in [6.45, 7) is 3.12. The van der Waals surface area contributed by atoms with Crippen LogP contribution in [0.5, 0.6) is 0 Å². The molecule has 1 aliphatic carbocycles. The van der Waals surface area contributed by atoms with Gasteiger partial charge in [0.1, 0.15) is 5.15 Å². The van der Waals surface area contributed by atoms with Gasteiger partial charge in [-0.3, -0.25) is 4.79 Å². The summed E-state index contributed by atoms with van der Waals surface area (Å²) in [5.74, 6) is 0.383. The molecule has 0 aliphatic heterocycles. The Balaban J connectivity index is 1.65. The Labute approximate surface area is 165 Å². The molecule has 0 N–H and O–H groups in total. The number of hydrogen-bond acceptors (Lipinski definition) is 2. The Bertz CT molecular complexity index is 967. The summed E-state index contributed by atoms with van der Waals surface area (Å²) in [4.78, 5) is 19.6. The maximum atomic E-state index is 13.0. The van der Waals surface area contributed by atoms with E-state index in [1.54, 1.807) is 0 Å². The monoisotopic (exact) mass is 378 g/mol. The fourth-order valence-corrected chi connectivity index (χ4v) is 3.81. The number of carbonyl (C=O) groups is 1. The normalized spacial score (nSPS) is 14.1. The molecule has 0 radical (unpaired) electrons. The number of fused-ring (bicyclic) bond motifs is 1. The molecule has 1 amide bonds. The second-order valence-electron chi connectivity index (χ2n) is 7.39. The number of para-hydroxylation sites is 1. The Hall–Kier alpha value is -2.39. The van der Waals surface area contributed by atoms with E-state index in [1.165, 1.54) is 0 Å². The topological polar surface area (TPSA) is 33.2 Å². The van der Waals surface area contributed by atoms with Crippen LogP contribution in [-0.4, -0.2) is 15.8 Å². The van der Waals surface area contributed by atoms with E-state index in [9.17, 15) is 4.79 Å². The fraction of sp³-hybridized carbons (Fsp3) is 0.304. The first-order valence-corrected chi connectivity index (χ1v) is 9.87. The van der Waals surface area contributed by atoms with E-state index in [1.807, 2.05) is 48.2 Å². The number of halogens is 1. The van der Waals surface area contributed by atoms with Gasteiger partial charge in [-0.15, -0.1) is 0 Å². The average Bonchev–Trinajstić information content (AvgIpc) is 2.62. The number of amides is 1. The Morgan fingerprint density at radius 3 is 2.59 bits per heavy atom. The summed E-state index contributed by atoms with van der Waals surface area (Å²) in [7, 11) is 0. The van der Waals surface area contributed by atoms with E-state index in [0.29, 0.717) is 18.2 Å². The highest BCUT2D eigenvalue weighted by Gasteiger charge is 2.30. The van der Waals surface area contributed by atoms with Crippen molar-refractivity contribution in [3.05, 3.63) is 76.4 Å². The van der Waals surface area contributed by atoms with Crippen molar-refractivity contribution >= 4 is 28.4 Å². The van der Waals surface area contributed by atoms with Gasteiger partial charge >= 0.3 is 0 Å². The van der Waals surface area contributed by atoms with Gasteiger partial charge in [-0.2, -0.15) is 0 Å². The molecule has 2 aromatic carbocycles. The van der Waals surface area contributed by atoms with Gasteiger partial charge in [0.05, 0.1) is 5.52 Å². The molecule has 3 aromatic rings. The molecule has 1 aliphatic rings. The lowest BCUT2D eigenvalue weighted by molar-refractivity contribution is -0.139. The highest BCUT2D eigenvalue weighted by atomic mass is 35.5. The smallest absolute Gasteiger partial charge is 0.226 e. The maximum Gasteiger partial charge on any atom is 0.226 e. The molecule has 0 bridgehead atoms. The maximum absolute atomic E-state index is 13.0. The van der Waals surface area contributed by atoms with Crippen molar-refractivity contribution in [1.82, 2.24) is 9.88 Å². The number of carbonyl (C=O) groups excluding carboxylic acids is 1. The van der Waals surface area contributed by atoms with Crippen LogP contribution in [0.4, 0.5) is 0 Å². The summed E-state index contributed by atoms with van der Waals surface area (Å²) < 4.78 is 0. The number of rotatable bonds is 5. The molecule has 0 spiro atoms. The quantitative estimate of drug-likeness (QED) is 0.547. The van der Waals surface area contributed by atoms with Crippen molar-refractivity contribution in [3.8, 4) is 0 Å². The van der Waals surface area contributed by atoms with E-state index < -0.39 is 0 Å². The zero-order chi connectivity index (χ0) is 18.8. The van der Waals surface area contributed by atoms with E-state index in [4.69, 9.17) is 11.6 Å². The number of aryl methyl sites for hydroxylation is 1. The van der Waals surface area contributed by atoms with Crippen molar-refractivity contribution in [1.29, 1.82) is 0 Å². The van der Waals surface area contributed by atoms with Crippen LogP contribution in [-0.2, 0) is 17.9 Å². The first-order chi connectivity index (χ1) is 13.1. The van der Waals surface area contributed by atoms with Crippen LogP contribution in [0.25, 0.3) is 10.9 Å². The van der Waals surface area contributed by atoms with Gasteiger partial charge in [0.15, 0.2) is 0 Å². The molecular weight excluding hydrogens is 356 g/mol. The molecule has 138 valence electrons. The second-order valence-corrected chi connectivity index (χ2v) is 7.75.